The molecule has 2 nitrogen and oxygen atoms in total. The maximum Gasteiger partial charge on any atom is 0.190 e. The van der Waals surface area contributed by atoms with Crippen molar-refractivity contribution in [1.82, 2.24) is 0 Å². The Balaban J connectivity index is 0.000000810. The van der Waals surface area contributed by atoms with Crippen molar-refractivity contribution in [3.63, 3.8) is 0 Å². The van der Waals surface area contributed by atoms with Crippen LogP contribution in [0.5, 0.6) is 5.75 Å². The molecule has 0 aliphatic rings. The molecule has 10 heavy (non-hydrogen) atoms. The fourth-order valence-electron chi connectivity index (χ4n) is 0.531. The highest BCUT2D eigenvalue weighted by atomic mass is 35.5. The zero-order valence-corrected chi connectivity index (χ0v) is 5.94. The first-order valence-corrected chi connectivity index (χ1v) is 2.50. The average Bonchev–Trinajstić information content (AvgIpc) is 1.90. The van der Waals surface area contributed by atoms with Gasteiger partial charge >= 0.3 is 0 Å². The molecule has 56 valence electrons. The Hall–Kier alpha value is -0.800. The van der Waals surface area contributed by atoms with Crippen molar-refractivity contribution in [3.8, 4) is 5.75 Å². The van der Waals surface area contributed by atoms with Crippen molar-refractivity contribution in [2.45, 2.75) is 0 Å². The highest BCUT2D eigenvalue weighted by Gasteiger charge is 1.91. The molecule has 0 saturated carbocycles. The minimum Gasteiger partial charge on any atom is -1.00 e. The van der Waals surface area contributed by atoms with Crippen molar-refractivity contribution in [2.24, 2.45) is 0 Å². The van der Waals surface area contributed by atoms with E-state index in [4.69, 9.17) is 0 Å². The number of hydrogen-bond donors (Lipinski definition) is 1. The molecule has 0 spiro atoms. The molecule has 0 atom stereocenters. The highest BCUT2D eigenvalue weighted by molar-refractivity contribution is 5.20. The molecule has 0 bridgehead atoms. The largest absolute Gasteiger partial charge is 1.00 e. The monoisotopic (exact) mass is 163 g/mol. The van der Waals surface area contributed by atoms with Gasteiger partial charge in [-0.05, 0) is 24.3 Å². The Morgan fingerprint density at radius 1 is 1.20 bits per heavy atom. The van der Waals surface area contributed by atoms with Gasteiger partial charge in [0.05, 0.1) is 0 Å². The molecule has 0 unspecified atom stereocenters. The van der Waals surface area contributed by atoms with Gasteiger partial charge in [-0.1, -0.05) is 0 Å². The van der Waals surface area contributed by atoms with Gasteiger partial charge in [-0.25, -0.2) is 4.39 Å². The lowest BCUT2D eigenvalue weighted by atomic mass is 10.3. The van der Waals surface area contributed by atoms with E-state index in [0.717, 1.165) is 0 Å². The smallest absolute Gasteiger partial charge is 0.190 e. The number of quaternary nitrogens is 1. The van der Waals surface area contributed by atoms with Gasteiger partial charge in [0.2, 0.25) is 0 Å². The Bertz CT molecular complexity index is 189. The second-order valence-electron chi connectivity index (χ2n) is 1.60. The summed E-state index contributed by atoms with van der Waals surface area (Å²) in [4.78, 5) is 4.55. The van der Waals surface area contributed by atoms with Gasteiger partial charge in [-0.3, -0.25) is 0 Å². The lowest BCUT2D eigenvalue weighted by Crippen LogP contribution is -3.00. The summed E-state index contributed by atoms with van der Waals surface area (Å²) in [6.07, 6.45) is 0. The third kappa shape index (κ3) is 2.21. The molecule has 0 radical (unpaired) electrons. The van der Waals surface area contributed by atoms with E-state index in [0.29, 0.717) is 5.75 Å². The van der Waals surface area contributed by atoms with E-state index in [-0.39, 0.29) is 18.2 Å². The van der Waals surface area contributed by atoms with Crippen LogP contribution >= 0.6 is 0 Å². The zero-order chi connectivity index (χ0) is 6.69. The number of halogens is 2. The van der Waals surface area contributed by atoms with E-state index in [1.54, 1.807) is 0 Å². The standard InChI is InChI=1S/C6H7FNO.ClH/c7-5-1-3-6(9-8)4-2-5;/h1-4H,8H3;1H/q+1;/p-1. The molecular weight excluding hydrogens is 157 g/mol. The molecule has 1 aromatic carbocycles. The third-order valence-electron chi connectivity index (χ3n) is 0.980. The molecule has 0 aliphatic carbocycles. The topological polar surface area (TPSA) is 36.9 Å². The van der Waals surface area contributed by atoms with Gasteiger partial charge < -0.3 is 17.2 Å². The van der Waals surface area contributed by atoms with E-state index < -0.39 is 0 Å². The van der Waals surface area contributed by atoms with E-state index in [2.05, 4.69) is 10.7 Å². The van der Waals surface area contributed by atoms with Crippen molar-refractivity contribution >= 4 is 0 Å². The summed E-state index contributed by atoms with van der Waals surface area (Å²) in [5, 5.41) is 0. The summed E-state index contributed by atoms with van der Waals surface area (Å²) in [6, 6.07) is 5.67. The van der Waals surface area contributed by atoms with Crippen molar-refractivity contribution < 1.29 is 27.5 Å². The zero-order valence-electron chi connectivity index (χ0n) is 5.18. The fourth-order valence-corrected chi connectivity index (χ4v) is 0.531. The summed E-state index contributed by atoms with van der Waals surface area (Å²) >= 11 is 0. The lowest BCUT2D eigenvalue weighted by Gasteiger charge is -1.91. The average molecular weight is 164 g/mol. The molecule has 1 aromatic rings. The van der Waals surface area contributed by atoms with Crippen LogP contribution in [0, 0.1) is 5.82 Å². The molecule has 0 heterocycles. The molecule has 0 saturated heterocycles. The first kappa shape index (κ1) is 9.20. The van der Waals surface area contributed by atoms with Crippen molar-refractivity contribution in [1.29, 1.82) is 0 Å². The van der Waals surface area contributed by atoms with Crippen LogP contribution in [-0.2, 0) is 0 Å². The predicted octanol–water partition coefficient (Wildman–Crippen LogP) is -2.63. The molecule has 4 heteroatoms. The van der Waals surface area contributed by atoms with Crippen molar-refractivity contribution in [3.05, 3.63) is 30.1 Å². The molecule has 0 amide bonds. The maximum atomic E-state index is 12.1. The Kier molecular flexibility index (Phi) is 3.76. The number of hydrogen-bond acceptors (Lipinski definition) is 1. The van der Waals surface area contributed by atoms with Gasteiger partial charge in [0.25, 0.3) is 0 Å². The molecule has 0 aromatic heterocycles. The van der Waals surface area contributed by atoms with Gasteiger partial charge in [0.15, 0.2) is 5.75 Å². The van der Waals surface area contributed by atoms with Crippen LogP contribution in [0.15, 0.2) is 24.3 Å². The first-order valence-electron chi connectivity index (χ1n) is 2.50. The summed E-state index contributed by atoms with van der Waals surface area (Å²) in [5.41, 5.74) is 0. The second-order valence-corrected chi connectivity index (χ2v) is 1.60. The Morgan fingerprint density at radius 2 is 1.70 bits per heavy atom. The number of benzene rings is 1. The van der Waals surface area contributed by atoms with Gasteiger partial charge in [-0.15, -0.1) is 0 Å². The predicted molar refractivity (Wildman–Crippen MR) is 29.9 cm³/mol. The van der Waals surface area contributed by atoms with Crippen molar-refractivity contribution in [2.75, 3.05) is 0 Å². The van der Waals surface area contributed by atoms with Crippen LogP contribution in [0.3, 0.4) is 0 Å². The summed E-state index contributed by atoms with van der Waals surface area (Å²) in [6.45, 7) is 0. The van der Waals surface area contributed by atoms with Gasteiger partial charge in [0, 0.05) is 0 Å². The fraction of sp³-hybridized carbons (Fsp3) is 0. The molecule has 0 fully saturated rings. The van der Waals surface area contributed by atoms with E-state index in [1.807, 2.05) is 0 Å². The molecule has 0 aliphatic heterocycles. The minimum atomic E-state index is -0.268. The van der Waals surface area contributed by atoms with Crippen LogP contribution in [0.2, 0.25) is 0 Å². The quantitative estimate of drug-likeness (QED) is 0.452. The minimum absolute atomic E-state index is 0. The normalized spacial score (nSPS) is 8.20. The van der Waals surface area contributed by atoms with E-state index in [1.165, 1.54) is 24.3 Å². The van der Waals surface area contributed by atoms with Crippen LogP contribution < -0.4 is 23.1 Å². The van der Waals surface area contributed by atoms with Crippen LogP contribution in [-0.4, -0.2) is 0 Å². The summed E-state index contributed by atoms with van der Waals surface area (Å²) in [5.74, 6) is 3.46. The molecule has 1 rings (SSSR count). The van der Waals surface area contributed by atoms with Gasteiger partial charge in [0.1, 0.15) is 5.82 Å². The second kappa shape index (κ2) is 4.09. The Morgan fingerprint density at radius 3 is 2.10 bits per heavy atom. The van der Waals surface area contributed by atoms with Crippen LogP contribution in [0.1, 0.15) is 0 Å². The third-order valence-corrected chi connectivity index (χ3v) is 0.980. The molecule has 3 N–H and O–H groups in total. The molecular formula is C6H7ClFNO. The lowest BCUT2D eigenvalue weighted by molar-refractivity contribution is -0.635. The SMILES string of the molecule is [Cl-].[NH3+]Oc1ccc(F)cc1. The first-order chi connectivity index (χ1) is 4.33. The van der Waals surface area contributed by atoms with Crippen LogP contribution in [0.25, 0.3) is 0 Å². The highest BCUT2D eigenvalue weighted by Crippen LogP contribution is 2.07. The summed E-state index contributed by atoms with van der Waals surface area (Å²) in [7, 11) is 0. The maximum absolute atomic E-state index is 12.1. The summed E-state index contributed by atoms with van der Waals surface area (Å²) < 4.78 is 12.1. The van der Waals surface area contributed by atoms with E-state index in [9.17, 15) is 4.39 Å². The number of rotatable bonds is 1. The van der Waals surface area contributed by atoms with Gasteiger partial charge in [-0.2, -0.15) is 5.90 Å². The van der Waals surface area contributed by atoms with E-state index >= 15 is 0 Å². The Labute approximate surface area is 64.2 Å². The van der Waals surface area contributed by atoms with Crippen LogP contribution in [0.4, 0.5) is 4.39 Å².